The molecule has 0 saturated heterocycles. The summed E-state index contributed by atoms with van der Waals surface area (Å²) in [7, 11) is 0. The van der Waals surface area contributed by atoms with Gasteiger partial charge in [0.15, 0.2) is 0 Å². The summed E-state index contributed by atoms with van der Waals surface area (Å²) in [4.78, 5) is 13.6. The number of carbonyl (C=O) groups excluding carboxylic acids is 1. The van der Waals surface area contributed by atoms with E-state index in [0.717, 1.165) is 5.56 Å². The number of nitrogens with one attached hydrogen (secondary N) is 2. The number of hydrogen-bond donors (Lipinski definition) is 3. The summed E-state index contributed by atoms with van der Waals surface area (Å²) >= 11 is 0. The molecule has 0 atom stereocenters. The van der Waals surface area contributed by atoms with Crippen molar-refractivity contribution in [3.05, 3.63) is 29.3 Å². The Morgan fingerprint density at radius 2 is 2.00 bits per heavy atom. The Balaban J connectivity index is 2.93. The first-order valence-corrected chi connectivity index (χ1v) is 6.00. The molecule has 0 spiro atoms. The molecule has 0 aliphatic carbocycles. The third-order valence-corrected chi connectivity index (χ3v) is 2.84. The minimum absolute atomic E-state index is 0.00617. The van der Waals surface area contributed by atoms with Crippen LogP contribution in [0.25, 0.3) is 0 Å². The second-order valence-electron chi connectivity index (χ2n) is 4.05. The molecule has 1 aromatic rings. The highest BCUT2D eigenvalue weighted by Crippen LogP contribution is 2.17. The van der Waals surface area contributed by atoms with Gasteiger partial charge in [-0.2, -0.15) is 0 Å². The third-order valence-electron chi connectivity index (χ3n) is 2.84. The summed E-state index contributed by atoms with van der Waals surface area (Å²) in [5.74, 6) is -0.00617. The van der Waals surface area contributed by atoms with Crippen LogP contribution in [-0.2, 0) is 0 Å². The van der Waals surface area contributed by atoms with Crippen LogP contribution in [0.1, 0.15) is 25.0 Å². The number of hydrogen-bond acceptors (Lipinski definition) is 2. The maximum absolute atomic E-state index is 11.9. The van der Waals surface area contributed by atoms with Gasteiger partial charge < -0.3 is 16.0 Å². The van der Waals surface area contributed by atoms with Crippen LogP contribution in [0.5, 0.6) is 0 Å². The molecule has 0 aliphatic rings. The molecule has 0 bridgehead atoms. The Kier molecular flexibility index (Phi) is 4.71. The lowest BCUT2D eigenvalue weighted by Gasteiger charge is -2.20. The summed E-state index contributed by atoms with van der Waals surface area (Å²) in [6, 6.07) is 5.20. The number of amidine groups is 1. The van der Waals surface area contributed by atoms with E-state index in [9.17, 15) is 4.79 Å². The molecule has 0 radical (unpaired) electrons. The van der Waals surface area contributed by atoms with Crippen LogP contribution in [0.2, 0.25) is 0 Å². The minimum atomic E-state index is -0.135. The Morgan fingerprint density at radius 3 is 2.50 bits per heavy atom. The van der Waals surface area contributed by atoms with E-state index in [1.54, 1.807) is 17.0 Å². The van der Waals surface area contributed by atoms with Crippen LogP contribution in [0.15, 0.2) is 18.2 Å². The molecule has 2 amide bonds. The van der Waals surface area contributed by atoms with Gasteiger partial charge in [-0.1, -0.05) is 12.1 Å². The summed E-state index contributed by atoms with van der Waals surface area (Å²) in [5.41, 5.74) is 7.68. The molecule has 0 aromatic heterocycles. The molecule has 1 aromatic carbocycles. The molecule has 1 rings (SSSR count). The molecule has 5 nitrogen and oxygen atoms in total. The van der Waals surface area contributed by atoms with Gasteiger partial charge in [0, 0.05) is 24.3 Å². The average molecular weight is 248 g/mol. The number of nitrogens with two attached hydrogens (primary N) is 1. The first-order valence-electron chi connectivity index (χ1n) is 6.00. The van der Waals surface area contributed by atoms with Crippen LogP contribution in [0.3, 0.4) is 0 Å². The van der Waals surface area contributed by atoms with Crippen LogP contribution in [-0.4, -0.2) is 29.9 Å². The second-order valence-corrected chi connectivity index (χ2v) is 4.05. The zero-order valence-corrected chi connectivity index (χ0v) is 11.1. The van der Waals surface area contributed by atoms with E-state index >= 15 is 0 Å². The zero-order chi connectivity index (χ0) is 13.7. The molecule has 0 unspecified atom stereocenters. The summed E-state index contributed by atoms with van der Waals surface area (Å²) in [6.07, 6.45) is 0. The molecule has 98 valence electrons. The predicted octanol–water partition coefficient (Wildman–Crippen LogP) is 2.15. The fourth-order valence-corrected chi connectivity index (χ4v) is 1.63. The molecular formula is C13H20N4O. The highest BCUT2D eigenvalue weighted by atomic mass is 16.2. The summed E-state index contributed by atoms with van der Waals surface area (Å²) < 4.78 is 0. The number of aryl methyl sites for hydroxylation is 1. The Hall–Kier alpha value is -2.04. The number of nitrogen functional groups attached to an aromatic ring is 1. The van der Waals surface area contributed by atoms with E-state index in [-0.39, 0.29) is 11.9 Å². The SMILES string of the molecule is CCN(CC)C(=O)Nc1cc(C(=N)N)ccc1C. The van der Waals surface area contributed by atoms with Crippen molar-refractivity contribution < 1.29 is 4.79 Å². The minimum Gasteiger partial charge on any atom is -0.384 e. The van der Waals surface area contributed by atoms with Crippen molar-refractivity contribution in [1.82, 2.24) is 4.90 Å². The van der Waals surface area contributed by atoms with Gasteiger partial charge in [0.25, 0.3) is 0 Å². The highest BCUT2D eigenvalue weighted by Gasteiger charge is 2.11. The van der Waals surface area contributed by atoms with Crippen LogP contribution in [0.4, 0.5) is 10.5 Å². The normalized spacial score (nSPS) is 9.94. The number of carbonyl (C=O) groups is 1. The number of amides is 2. The molecule has 18 heavy (non-hydrogen) atoms. The third kappa shape index (κ3) is 3.23. The highest BCUT2D eigenvalue weighted by molar-refractivity contribution is 5.97. The first kappa shape index (κ1) is 14.0. The topological polar surface area (TPSA) is 82.2 Å². The standard InChI is InChI=1S/C13H20N4O/c1-4-17(5-2)13(18)16-11-8-10(12(14)15)7-6-9(11)3/h6-8H,4-5H2,1-3H3,(H3,14,15)(H,16,18). The van der Waals surface area contributed by atoms with Gasteiger partial charge in [-0.15, -0.1) is 0 Å². The van der Waals surface area contributed by atoms with Crippen LogP contribution >= 0.6 is 0 Å². The van der Waals surface area contributed by atoms with E-state index in [2.05, 4.69) is 5.32 Å². The molecular weight excluding hydrogens is 228 g/mol. The van der Waals surface area contributed by atoms with Gasteiger partial charge in [0.05, 0.1) is 0 Å². The van der Waals surface area contributed by atoms with Gasteiger partial charge in [-0.3, -0.25) is 5.41 Å². The van der Waals surface area contributed by atoms with Crippen LogP contribution < -0.4 is 11.1 Å². The van der Waals surface area contributed by atoms with Crippen molar-refractivity contribution in [2.75, 3.05) is 18.4 Å². The van der Waals surface area contributed by atoms with E-state index in [4.69, 9.17) is 11.1 Å². The largest absolute Gasteiger partial charge is 0.384 e. The lowest BCUT2D eigenvalue weighted by molar-refractivity contribution is 0.217. The van der Waals surface area contributed by atoms with E-state index in [1.165, 1.54) is 0 Å². The van der Waals surface area contributed by atoms with Crippen molar-refractivity contribution in [1.29, 1.82) is 5.41 Å². The van der Waals surface area contributed by atoms with Crippen LogP contribution in [0, 0.1) is 12.3 Å². The Morgan fingerprint density at radius 1 is 1.39 bits per heavy atom. The van der Waals surface area contributed by atoms with Gasteiger partial charge in [0.1, 0.15) is 5.84 Å². The maximum Gasteiger partial charge on any atom is 0.321 e. The monoisotopic (exact) mass is 248 g/mol. The quantitative estimate of drug-likeness (QED) is 0.563. The molecule has 0 saturated carbocycles. The van der Waals surface area contributed by atoms with Gasteiger partial charge in [-0.05, 0) is 32.4 Å². The predicted molar refractivity (Wildman–Crippen MR) is 74.1 cm³/mol. The number of urea groups is 1. The van der Waals surface area contributed by atoms with E-state index in [1.807, 2.05) is 26.8 Å². The molecule has 0 fully saturated rings. The fourth-order valence-electron chi connectivity index (χ4n) is 1.63. The Labute approximate surface area is 107 Å². The van der Waals surface area contributed by atoms with E-state index < -0.39 is 0 Å². The molecule has 0 aliphatic heterocycles. The maximum atomic E-state index is 11.9. The van der Waals surface area contributed by atoms with Crippen molar-refractivity contribution in [3.63, 3.8) is 0 Å². The lowest BCUT2D eigenvalue weighted by Crippen LogP contribution is -2.34. The first-order chi connectivity index (χ1) is 8.49. The molecule has 5 heteroatoms. The van der Waals surface area contributed by atoms with Crippen molar-refractivity contribution in [3.8, 4) is 0 Å². The zero-order valence-electron chi connectivity index (χ0n) is 11.1. The summed E-state index contributed by atoms with van der Waals surface area (Å²) in [6.45, 7) is 7.09. The lowest BCUT2D eigenvalue weighted by atomic mass is 10.1. The van der Waals surface area contributed by atoms with Crippen molar-refractivity contribution >= 4 is 17.6 Å². The van der Waals surface area contributed by atoms with Gasteiger partial charge in [-0.25, -0.2) is 4.79 Å². The van der Waals surface area contributed by atoms with Crippen molar-refractivity contribution in [2.24, 2.45) is 5.73 Å². The van der Waals surface area contributed by atoms with Gasteiger partial charge in [0.2, 0.25) is 0 Å². The average Bonchev–Trinajstić information content (AvgIpc) is 2.33. The number of rotatable bonds is 4. The summed E-state index contributed by atoms with van der Waals surface area (Å²) in [5, 5.41) is 10.2. The second kappa shape index (κ2) is 6.05. The van der Waals surface area contributed by atoms with Crippen molar-refractivity contribution in [2.45, 2.75) is 20.8 Å². The Bertz CT molecular complexity index is 452. The molecule has 4 N–H and O–H groups in total. The molecule has 0 heterocycles. The smallest absolute Gasteiger partial charge is 0.321 e. The van der Waals surface area contributed by atoms with E-state index in [0.29, 0.717) is 24.3 Å². The number of nitrogens with zero attached hydrogens (tertiary/aromatic N) is 1. The number of anilines is 1. The van der Waals surface area contributed by atoms with Gasteiger partial charge >= 0.3 is 6.03 Å². The fraction of sp³-hybridized carbons (Fsp3) is 0.385. The number of benzene rings is 1.